The van der Waals surface area contributed by atoms with Crippen molar-refractivity contribution in [2.45, 2.75) is 44.0 Å². The van der Waals surface area contributed by atoms with E-state index in [0.717, 1.165) is 25.7 Å². The molecule has 0 radical (unpaired) electrons. The Labute approximate surface area is 167 Å². The second kappa shape index (κ2) is 8.61. The zero-order chi connectivity index (χ0) is 21.1. The lowest BCUT2D eigenvalue weighted by molar-refractivity contribution is -0.274. The number of alkyl halides is 3. The van der Waals surface area contributed by atoms with E-state index in [0.29, 0.717) is 25.3 Å². The Kier molecular flexibility index (Phi) is 6.36. The first-order valence-electron chi connectivity index (χ1n) is 9.64. The Morgan fingerprint density at radius 3 is 2.41 bits per heavy atom. The fourth-order valence-corrected chi connectivity index (χ4v) is 4.23. The molecule has 1 aliphatic carbocycles. The summed E-state index contributed by atoms with van der Waals surface area (Å²) in [4.78, 5) is 29.0. The highest BCUT2D eigenvalue weighted by atomic mass is 19.4. The largest absolute Gasteiger partial charge is 0.573 e. The van der Waals surface area contributed by atoms with Crippen LogP contribution in [-0.2, 0) is 20.7 Å². The van der Waals surface area contributed by atoms with E-state index in [1.54, 1.807) is 16.9 Å². The molecule has 3 rings (SSSR count). The molecule has 0 unspecified atom stereocenters. The van der Waals surface area contributed by atoms with Crippen LogP contribution in [0.5, 0.6) is 5.75 Å². The number of piperazine rings is 1. The smallest absolute Gasteiger partial charge is 0.406 e. The van der Waals surface area contributed by atoms with Crippen molar-refractivity contribution in [3.63, 3.8) is 0 Å². The highest BCUT2D eigenvalue weighted by molar-refractivity contribution is 5.88. The number of ether oxygens (including phenoxy) is 2. The minimum atomic E-state index is -4.75. The Hall–Kier alpha value is -2.29. The van der Waals surface area contributed by atoms with Gasteiger partial charge < -0.3 is 19.3 Å². The second-order valence-corrected chi connectivity index (χ2v) is 7.59. The van der Waals surface area contributed by atoms with E-state index in [1.807, 2.05) is 0 Å². The van der Waals surface area contributed by atoms with Crippen molar-refractivity contribution in [3.8, 4) is 5.75 Å². The number of hydrogen-bond donors (Lipinski definition) is 0. The van der Waals surface area contributed by atoms with Gasteiger partial charge >= 0.3 is 6.36 Å². The standard InChI is InChI=1S/C20H25F3N2O4/c1-28-11-10-24-14-19(8-2-3-9-19)25(13-18(24)27)17(26)12-15-4-6-16(7-5-15)29-20(21,22)23/h4-7H,2-3,8-14H2,1H3. The van der Waals surface area contributed by atoms with Crippen LogP contribution in [-0.4, -0.2) is 66.9 Å². The van der Waals surface area contributed by atoms with E-state index < -0.39 is 6.36 Å². The number of carbonyl (C=O) groups excluding carboxylic acids is 2. The number of halogens is 3. The topological polar surface area (TPSA) is 59.1 Å². The molecule has 160 valence electrons. The van der Waals surface area contributed by atoms with Crippen molar-refractivity contribution >= 4 is 11.8 Å². The SMILES string of the molecule is COCCN1CC2(CCCC2)N(C(=O)Cc2ccc(OC(F)(F)F)cc2)CC1=O. The van der Waals surface area contributed by atoms with Gasteiger partial charge in [-0.1, -0.05) is 25.0 Å². The molecule has 0 atom stereocenters. The van der Waals surface area contributed by atoms with Crippen molar-refractivity contribution in [2.75, 3.05) is 33.4 Å². The lowest BCUT2D eigenvalue weighted by Gasteiger charge is -2.48. The summed E-state index contributed by atoms with van der Waals surface area (Å²) in [6.45, 7) is 1.47. The Bertz CT molecular complexity index is 730. The summed E-state index contributed by atoms with van der Waals surface area (Å²) in [6, 6.07) is 5.26. The molecule has 2 fully saturated rings. The van der Waals surface area contributed by atoms with E-state index in [1.165, 1.54) is 24.3 Å². The first kappa shape index (κ1) is 21.4. The maximum Gasteiger partial charge on any atom is 0.573 e. The molecule has 1 aromatic carbocycles. The monoisotopic (exact) mass is 414 g/mol. The van der Waals surface area contributed by atoms with Gasteiger partial charge in [-0.05, 0) is 30.5 Å². The fraction of sp³-hybridized carbons (Fsp3) is 0.600. The van der Waals surface area contributed by atoms with Crippen LogP contribution in [0.25, 0.3) is 0 Å². The van der Waals surface area contributed by atoms with Gasteiger partial charge in [0, 0.05) is 20.2 Å². The fourth-order valence-electron chi connectivity index (χ4n) is 4.23. The predicted molar refractivity (Wildman–Crippen MR) is 98.2 cm³/mol. The quantitative estimate of drug-likeness (QED) is 0.718. The van der Waals surface area contributed by atoms with Crippen LogP contribution in [0.3, 0.4) is 0 Å². The van der Waals surface area contributed by atoms with Gasteiger partial charge in [0.2, 0.25) is 11.8 Å². The molecule has 1 heterocycles. The van der Waals surface area contributed by atoms with Gasteiger partial charge in [0.1, 0.15) is 12.3 Å². The molecule has 9 heteroatoms. The number of methoxy groups -OCH3 is 1. The number of carbonyl (C=O) groups is 2. The van der Waals surface area contributed by atoms with Crippen molar-refractivity contribution in [2.24, 2.45) is 0 Å². The molecule has 0 aromatic heterocycles. The maximum absolute atomic E-state index is 13.0. The number of benzene rings is 1. The Balaban J connectivity index is 1.69. The van der Waals surface area contributed by atoms with Gasteiger partial charge in [-0.3, -0.25) is 9.59 Å². The number of hydrogen-bond acceptors (Lipinski definition) is 4. The summed E-state index contributed by atoms with van der Waals surface area (Å²) < 4.78 is 45.8. The zero-order valence-electron chi connectivity index (χ0n) is 16.3. The molecule has 6 nitrogen and oxygen atoms in total. The molecule has 2 amide bonds. The van der Waals surface area contributed by atoms with E-state index in [2.05, 4.69) is 4.74 Å². The first-order chi connectivity index (χ1) is 13.7. The van der Waals surface area contributed by atoms with Gasteiger partial charge in [0.05, 0.1) is 18.6 Å². The summed E-state index contributed by atoms with van der Waals surface area (Å²) in [5, 5.41) is 0. The van der Waals surface area contributed by atoms with Crippen LogP contribution in [0, 0.1) is 0 Å². The average Bonchev–Trinajstić information content (AvgIpc) is 3.11. The number of nitrogens with zero attached hydrogens (tertiary/aromatic N) is 2. The zero-order valence-corrected chi connectivity index (χ0v) is 16.3. The molecule has 1 aliphatic heterocycles. The van der Waals surface area contributed by atoms with Crippen molar-refractivity contribution in [1.82, 2.24) is 9.80 Å². The van der Waals surface area contributed by atoms with Crippen LogP contribution in [0.1, 0.15) is 31.2 Å². The van der Waals surface area contributed by atoms with Crippen LogP contribution in [0.4, 0.5) is 13.2 Å². The van der Waals surface area contributed by atoms with Crippen molar-refractivity contribution in [3.05, 3.63) is 29.8 Å². The van der Waals surface area contributed by atoms with Crippen molar-refractivity contribution < 1.29 is 32.2 Å². The highest BCUT2D eigenvalue weighted by Crippen LogP contribution is 2.38. The molecule has 29 heavy (non-hydrogen) atoms. The summed E-state index contributed by atoms with van der Waals surface area (Å²) >= 11 is 0. The van der Waals surface area contributed by atoms with Crippen LogP contribution in [0.15, 0.2) is 24.3 Å². The van der Waals surface area contributed by atoms with Crippen LogP contribution in [0.2, 0.25) is 0 Å². The molecular weight excluding hydrogens is 389 g/mol. The van der Waals surface area contributed by atoms with Gasteiger partial charge in [0.25, 0.3) is 0 Å². The van der Waals surface area contributed by atoms with Gasteiger partial charge in [-0.25, -0.2) is 0 Å². The molecule has 1 aromatic rings. The molecule has 0 bridgehead atoms. The van der Waals surface area contributed by atoms with Crippen LogP contribution < -0.4 is 4.74 Å². The molecule has 1 spiro atoms. The average molecular weight is 414 g/mol. The first-order valence-corrected chi connectivity index (χ1v) is 9.64. The maximum atomic E-state index is 13.0. The summed E-state index contributed by atoms with van der Waals surface area (Å²) in [7, 11) is 1.58. The third kappa shape index (κ3) is 5.20. The van der Waals surface area contributed by atoms with Crippen LogP contribution >= 0.6 is 0 Å². The lowest BCUT2D eigenvalue weighted by atomic mass is 9.90. The third-order valence-electron chi connectivity index (χ3n) is 5.62. The Morgan fingerprint density at radius 1 is 1.17 bits per heavy atom. The molecule has 0 N–H and O–H groups in total. The molecule has 1 saturated heterocycles. The lowest BCUT2D eigenvalue weighted by Crippen LogP contribution is -2.65. The normalized spacial score (nSPS) is 19.1. The van der Waals surface area contributed by atoms with E-state index >= 15 is 0 Å². The number of rotatable bonds is 6. The number of amides is 2. The predicted octanol–water partition coefficient (Wildman–Crippen LogP) is 2.76. The minimum Gasteiger partial charge on any atom is -0.406 e. The van der Waals surface area contributed by atoms with E-state index in [-0.39, 0.29) is 36.1 Å². The van der Waals surface area contributed by atoms with Crippen molar-refractivity contribution in [1.29, 1.82) is 0 Å². The third-order valence-corrected chi connectivity index (χ3v) is 5.62. The second-order valence-electron chi connectivity index (χ2n) is 7.59. The Morgan fingerprint density at radius 2 is 1.83 bits per heavy atom. The molecule has 1 saturated carbocycles. The summed E-state index contributed by atoms with van der Waals surface area (Å²) in [5.74, 6) is -0.624. The van der Waals surface area contributed by atoms with Gasteiger partial charge in [-0.2, -0.15) is 0 Å². The van der Waals surface area contributed by atoms with Gasteiger partial charge in [-0.15, -0.1) is 13.2 Å². The van der Waals surface area contributed by atoms with Gasteiger partial charge in [0.15, 0.2) is 0 Å². The summed E-state index contributed by atoms with van der Waals surface area (Å²) in [6.07, 6.45) is -1.05. The van der Waals surface area contributed by atoms with E-state index in [9.17, 15) is 22.8 Å². The summed E-state index contributed by atoms with van der Waals surface area (Å²) in [5.41, 5.74) is 0.213. The molecular formula is C20H25F3N2O4. The molecule has 2 aliphatic rings. The highest BCUT2D eigenvalue weighted by Gasteiger charge is 2.48. The minimum absolute atomic E-state index is 0.0256. The van der Waals surface area contributed by atoms with E-state index in [4.69, 9.17) is 4.74 Å².